The molecule has 0 saturated carbocycles. The molecular weight excluding hydrogens is 273 g/mol. The molecule has 1 heterocycles. The van der Waals surface area contributed by atoms with Gasteiger partial charge in [-0.15, -0.1) is 0 Å². The number of aliphatic hydroxyl groups excluding tert-OH is 1. The van der Waals surface area contributed by atoms with Crippen molar-refractivity contribution in [1.82, 2.24) is 4.98 Å². The topological polar surface area (TPSA) is 48.4 Å². The molecular formula is C12H19Cl2N3O. The van der Waals surface area contributed by atoms with E-state index in [2.05, 4.69) is 17.2 Å². The van der Waals surface area contributed by atoms with E-state index >= 15 is 0 Å². The minimum Gasteiger partial charge on any atom is -0.394 e. The average molecular weight is 292 g/mol. The maximum Gasteiger partial charge on any atom is 0.150 e. The number of anilines is 2. The van der Waals surface area contributed by atoms with Crippen LogP contribution in [0.2, 0.25) is 10.0 Å². The monoisotopic (exact) mass is 291 g/mol. The lowest BCUT2D eigenvalue weighted by atomic mass is 10.3. The van der Waals surface area contributed by atoms with Gasteiger partial charge in [-0.1, -0.05) is 30.1 Å². The first-order valence-electron chi connectivity index (χ1n) is 5.94. The van der Waals surface area contributed by atoms with Crippen molar-refractivity contribution in [3.05, 3.63) is 16.1 Å². The molecule has 1 aromatic heterocycles. The van der Waals surface area contributed by atoms with Crippen LogP contribution in [0.25, 0.3) is 0 Å². The number of nitrogens with zero attached hydrogens (tertiary/aromatic N) is 2. The summed E-state index contributed by atoms with van der Waals surface area (Å²) in [6.45, 7) is 4.80. The highest BCUT2D eigenvalue weighted by Gasteiger charge is 2.16. The number of hydrogen-bond donors (Lipinski definition) is 2. The summed E-state index contributed by atoms with van der Waals surface area (Å²) in [5.74, 6) is 1.23. The predicted octanol–water partition coefficient (Wildman–Crippen LogP) is 3.03. The first-order chi connectivity index (χ1) is 8.51. The highest BCUT2D eigenvalue weighted by atomic mass is 35.5. The molecule has 0 aliphatic rings. The molecule has 6 heteroatoms. The summed E-state index contributed by atoms with van der Waals surface area (Å²) in [5.41, 5.74) is 0. The minimum atomic E-state index is -0.0600. The summed E-state index contributed by atoms with van der Waals surface area (Å²) in [7, 11) is 1.84. The first-order valence-corrected chi connectivity index (χ1v) is 6.70. The van der Waals surface area contributed by atoms with E-state index in [1.54, 1.807) is 6.07 Å². The van der Waals surface area contributed by atoms with Crippen LogP contribution < -0.4 is 10.2 Å². The largest absolute Gasteiger partial charge is 0.394 e. The lowest BCUT2D eigenvalue weighted by molar-refractivity contribution is 0.270. The van der Waals surface area contributed by atoms with Crippen molar-refractivity contribution in [1.29, 1.82) is 0 Å². The molecule has 4 nitrogen and oxygen atoms in total. The fraction of sp³-hybridized carbons (Fsp3) is 0.583. The molecule has 0 aliphatic carbocycles. The number of likely N-dealkylation sites (N-methyl/N-ethyl adjacent to an activating group) is 1. The van der Waals surface area contributed by atoms with Crippen LogP contribution in [-0.2, 0) is 0 Å². The van der Waals surface area contributed by atoms with Gasteiger partial charge in [-0.3, -0.25) is 0 Å². The van der Waals surface area contributed by atoms with E-state index in [1.807, 2.05) is 18.9 Å². The third-order valence-electron chi connectivity index (χ3n) is 2.71. The maximum absolute atomic E-state index is 9.17. The molecule has 0 amide bonds. The molecule has 18 heavy (non-hydrogen) atoms. The molecule has 0 spiro atoms. The van der Waals surface area contributed by atoms with E-state index in [9.17, 15) is 0 Å². The summed E-state index contributed by atoms with van der Waals surface area (Å²) in [5, 5.41) is 13.3. The Hall–Kier alpha value is -0.710. The number of rotatable bonds is 6. The van der Waals surface area contributed by atoms with Crippen LogP contribution in [0.1, 0.15) is 20.3 Å². The summed E-state index contributed by atoms with van der Waals surface area (Å²) in [6.07, 6.45) is 0.985. The number of aromatic nitrogens is 1. The smallest absolute Gasteiger partial charge is 0.150 e. The Morgan fingerprint density at radius 3 is 2.67 bits per heavy atom. The van der Waals surface area contributed by atoms with Crippen LogP contribution in [0.5, 0.6) is 0 Å². The Morgan fingerprint density at radius 2 is 2.11 bits per heavy atom. The van der Waals surface area contributed by atoms with Gasteiger partial charge in [-0.2, -0.15) is 0 Å². The van der Waals surface area contributed by atoms with E-state index in [4.69, 9.17) is 28.3 Å². The molecule has 0 bridgehead atoms. The van der Waals surface area contributed by atoms with Gasteiger partial charge in [-0.25, -0.2) is 4.98 Å². The second-order valence-electron chi connectivity index (χ2n) is 4.19. The van der Waals surface area contributed by atoms with Gasteiger partial charge in [0.25, 0.3) is 0 Å². The summed E-state index contributed by atoms with van der Waals surface area (Å²) in [6, 6.07) is 1.61. The molecule has 0 aromatic carbocycles. The average Bonchev–Trinajstić information content (AvgIpc) is 2.36. The molecule has 0 fully saturated rings. The van der Waals surface area contributed by atoms with Crippen LogP contribution >= 0.6 is 23.2 Å². The highest BCUT2D eigenvalue weighted by molar-refractivity contribution is 6.37. The second kappa shape index (κ2) is 7.02. The zero-order valence-electron chi connectivity index (χ0n) is 10.9. The number of hydrogen-bond acceptors (Lipinski definition) is 4. The molecule has 0 saturated heterocycles. The molecule has 1 atom stereocenters. The second-order valence-corrected chi connectivity index (χ2v) is 5.01. The SMILES string of the molecule is CCCNc1nc(N(C)C(C)CO)c(Cl)cc1Cl. The van der Waals surface area contributed by atoms with E-state index in [0.29, 0.717) is 21.7 Å². The first kappa shape index (κ1) is 15.3. The summed E-state index contributed by atoms with van der Waals surface area (Å²) >= 11 is 12.2. The third kappa shape index (κ3) is 3.64. The van der Waals surface area contributed by atoms with Crippen molar-refractivity contribution in [2.75, 3.05) is 30.4 Å². The van der Waals surface area contributed by atoms with Crippen molar-refractivity contribution < 1.29 is 5.11 Å². The number of halogens is 2. The lowest BCUT2D eigenvalue weighted by Gasteiger charge is -2.25. The van der Waals surface area contributed by atoms with Gasteiger partial charge >= 0.3 is 0 Å². The zero-order valence-corrected chi connectivity index (χ0v) is 12.4. The molecule has 1 unspecified atom stereocenters. The van der Waals surface area contributed by atoms with E-state index in [1.165, 1.54) is 0 Å². The van der Waals surface area contributed by atoms with E-state index < -0.39 is 0 Å². The van der Waals surface area contributed by atoms with Crippen LogP contribution in [0.15, 0.2) is 6.07 Å². The van der Waals surface area contributed by atoms with Crippen molar-refractivity contribution in [3.63, 3.8) is 0 Å². The Kier molecular flexibility index (Phi) is 5.99. The quantitative estimate of drug-likeness (QED) is 0.846. The Balaban J connectivity index is 3.04. The van der Waals surface area contributed by atoms with Gasteiger partial charge in [0.15, 0.2) is 0 Å². The van der Waals surface area contributed by atoms with Gasteiger partial charge in [0.2, 0.25) is 0 Å². The fourth-order valence-electron chi connectivity index (χ4n) is 1.40. The molecule has 1 rings (SSSR count). The number of nitrogens with one attached hydrogen (secondary N) is 1. The molecule has 102 valence electrons. The highest BCUT2D eigenvalue weighted by Crippen LogP contribution is 2.31. The van der Waals surface area contributed by atoms with Crippen molar-refractivity contribution >= 4 is 34.8 Å². The Bertz CT molecular complexity index is 401. The number of pyridine rings is 1. The molecule has 1 aromatic rings. The van der Waals surface area contributed by atoms with Gasteiger partial charge in [0, 0.05) is 13.6 Å². The predicted molar refractivity (Wildman–Crippen MR) is 78.0 cm³/mol. The standard InChI is InChI=1S/C12H19Cl2N3O/c1-4-5-15-11-9(13)6-10(14)12(16-11)17(3)8(2)7-18/h6,8,18H,4-5,7H2,1-3H3,(H,15,16). The van der Waals surface area contributed by atoms with Crippen molar-refractivity contribution in [3.8, 4) is 0 Å². The Labute approximate surface area is 118 Å². The molecule has 0 aliphatic heterocycles. The number of aliphatic hydroxyl groups is 1. The zero-order chi connectivity index (χ0) is 13.7. The van der Waals surface area contributed by atoms with Gasteiger partial charge < -0.3 is 15.3 Å². The third-order valence-corrected chi connectivity index (χ3v) is 3.28. The minimum absolute atomic E-state index is 0.0366. The van der Waals surface area contributed by atoms with Crippen molar-refractivity contribution in [2.24, 2.45) is 0 Å². The van der Waals surface area contributed by atoms with E-state index in [0.717, 1.165) is 13.0 Å². The molecule has 0 radical (unpaired) electrons. The lowest BCUT2D eigenvalue weighted by Crippen LogP contribution is -2.32. The summed E-state index contributed by atoms with van der Waals surface area (Å²) < 4.78 is 0. The van der Waals surface area contributed by atoms with Crippen LogP contribution in [-0.4, -0.2) is 36.3 Å². The summed E-state index contributed by atoms with van der Waals surface area (Å²) in [4.78, 5) is 6.25. The van der Waals surface area contributed by atoms with Gasteiger partial charge in [-0.05, 0) is 19.4 Å². The fourth-order valence-corrected chi connectivity index (χ4v) is 1.96. The maximum atomic E-state index is 9.17. The van der Waals surface area contributed by atoms with Crippen LogP contribution in [0.4, 0.5) is 11.6 Å². The van der Waals surface area contributed by atoms with Gasteiger partial charge in [0.1, 0.15) is 11.6 Å². The van der Waals surface area contributed by atoms with Gasteiger partial charge in [0.05, 0.1) is 22.7 Å². The van der Waals surface area contributed by atoms with E-state index in [-0.39, 0.29) is 12.6 Å². The Morgan fingerprint density at radius 1 is 1.44 bits per heavy atom. The van der Waals surface area contributed by atoms with Crippen LogP contribution in [0, 0.1) is 0 Å². The normalized spacial score (nSPS) is 12.3. The van der Waals surface area contributed by atoms with Crippen molar-refractivity contribution in [2.45, 2.75) is 26.3 Å². The molecule has 2 N–H and O–H groups in total. The van der Waals surface area contributed by atoms with Crippen LogP contribution in [0.3, 0.4) is 0 Å².